The fourth-order valence-electron chi connectivity index (χ4n) is 1.87. The molecule has 0 saturated heterocycles. The highest BCUT2D eigenvalue weighted by Crippen LogP contribution is 2.20. The number of hydrogen-bond acceptors (Lipinski definition) is 3. The van der Waals surface area contributed by atoms with Crippen LogP contribution in [-0.4, -0.2) is 32.0 Å². The van der Waals surface area contributed by atoms with Crippen molar-refractivity contribution in [2.45, 2.75) is 25.9 Å². The maximum Gasteiger partial charge on any atom is 0.353 e. The lowest BCUT2D eigenvalue weighted by atomic mass is 9.97. The number of carboxylic acids is 1. The second-order valence-corrected chi connectivity index (χ2v) is 5.16. The van der Waals surface area contributed by atoms with E-state index in [0.29, 0.717) is 12.1 Å². The highest BCUT2D eigenvalue weighted by Gasteiger charge is 2.14. The number of benzene rings is 1. The van der Waals surface area contributed by atoms with Crippen molar-refractivity contribution in [3.8, 4) is 11.3 Å². The third-order valence-electron chi connectivity index (χ3n) is 2.69. The quantitative estimate of drug-likeness (QED) is 0.785. The zero-order valence-corrected chi connectivity index (χ0v) is 10.8. The van der Waals surface area contributed by atoms with Gasteiger partial charge in [0.05, 0.1) is 11.3 Å². The zero-order valence-electron chi connectivity index (χ0n) is 10.8. The van der Waals surface area contributed by atoms with Crippen LogP contribution in [0.3, 0.4) is 0 Å². The molecule has 0 aliphatic rings. The normalized spacial score (nSPS) is 11.5. The van der Waals surface area contributed by atoms with Crippen LogP contribution in [0.15, 0.2) is 30.3 Å². The SMILES string of the molecule is CC(C)(O)Cc1ccc(-c2cc(C(=O)O)[nH]n2)cc1. The molecule has 5 nitrogen and oxygen atoms in total. The first-order valence-electron chi connectivity index (χ1n) is 5.95. The summed E-state index contributed by atoms with van der Waals surface area (Å²) in [6.45, 7) is 3.52. The van der Waals surface area contributed by atoms with Crippen LogP contribution in [0.1, 0.15) is 29.9 Å². The molecule has 0 spiro atoms. The van der Waals surface area contributed by atoms with E-state index in [1.807, 2.05) is 24.3 Å². The third-order valence-corrected chi connectivity index (χ3v) is 2.69. The first-order valence-corrected chi connectivity index (χ1v) is 5.95. The van der Waals surface area contributed by atoms with E-state index in [4.69, 9.17) is 5.11 Å². The van der Waals surface area contributed by atoms with Crippen molar-refractivity contribution < 1.29 is 15.0 Å². The number of aromatic nitrogens is 2. The lowest BCUT2D eigenvalue weighted by molar-refractivity contribution is 0.0690. The van der Waals surface area contributed by atoms with E-state index >= 15 is 0 Å². The molecule has 1 aromatic carbocycles. The molecule has 2 rings (SSSR count). The number of aromatic amines is 1. The average molecular weight is 260 g/mol. The largest absolute Gasteiger partial charge is 0.477 e. The van der Waals surface area contributed by atoms with Crippen molar-refractivity contribution in [2.75, 3.05) is 0 Å². The number of hydrogen-bond donors (Lipinski definition) is 3. The lowest BCUT2D eigenvalue weighted by Crippen LogP contribution is -2.21. The second kappa shape index (κ2) is 4.85. The highest BCUT2D eigenvalue weighted by molar-refractivity contribution is 5.86. The molecular weight excluding hydrogens is 244 g/mol. The minimum absolute atomic E-state index is 0.0653. The van der Waals surface area contributed by atoms with Gasteiger partial charge < -0.3 is 10.2 Å². The van der Waals surface area contributed by atoms with Crippen molar-refractivity contribution in [2.24, 2.45) is 0 Å². The lowest BCUT2D eigenvalue weighted by Gasteiger charge is -2.16. The van der Waals surface area contributed by atoms with Gasteiger partial charge in [-0.05, 0) is 25.5 Å². The Labute approximate surface area is 110 Å². The van der Waals surface area contributed by atoms with E-state index in [-0.39, 0.29) is 5.69 Å². The van der Waals surface area contributed by atoms with E-state index in [0.717, 1.165) is 11.1 Å². The zero-order chi connectivity index (χ0) is 14.0. The minimum Gasteiger partial charge on any atom is -0.477 e. The van der Waals surface area contributed by atoms with Gasteiger partial charge in [-0.1, -0.05) is 24.3 Å². The molecule has 100 valence electrons. The van der Waals surface area contributed by atoms with Gasteiger partial charge >= 0.3 is 5.97 Å². The molecule has 0 aliphatic carbocycles. The Bertz CT molecular complexity index is 579. The summed E-state index contributed by atoms with van der Waals surface area (Å²) in [5.74, 6) is -1.03. The van der Waals surface area contributed by atoms with Crippen molar-refractivity contribution in [3.63, 3.8) is 0 Å². The second-order valence-electron chi connectivity index (χ2n) is 5.16. The standard InChI is InChI=1S/C14H16N2O3/c1-14(2,19)8-9-3-5-10(6-4-9)11-7-12(13(17)18)16-15-11/h3-7,19H,8H2,1-2H3,(H,15,16)(H,17,18). The van der Waals surface area contributed by atoms with Gasteiger partial charge in [-0.15, -0.1) is 0 Å². The molecule has 0 atom stereocenters. The Balaban J connectivity index is 2.20. The summed E-state index contributed by atoms with van der Waals surface area (Å²) in [7, 11) is 0. The first kappa shape index (κ1) is 13.3. The van der Waals surface area contributed by atoms with Crippen molar-refractivity contribution in [1.29, 1.82) is 0 Å². The topological polar surface area (TPSA) is 86.2 Å². The molecule has 0 bridgehead atoms. The average Bonchev–Trinajstić information content (AvgIpc) is 2.77. The number of aromatic carboxylic acids is 1. The Hall–Kier alpha value is -2.14. The van der Waals surface area contributed by atoms with Gasteiger partial charge in [0.15, 0.2) is 0 Å². The predicted octanol–water partition coefficient (Wildman–Crippen LogP) is 2.09. The van der Waals surface area contributed by atoms with Gasteiger partial charge in [0, 0.05) is 12.0 Å². The number of nitrogens with zero attached hydrogens (tertiary/aromatic N) is 1. The van der Waals surface area contributed by atoms with E-state index in [2.05, 4.69) is 10.2 Å². The number of carboxylic acid groups (broad SMARTS) is 1. The highest BCUT2D eigenvalue weighted by atomic mass is 16.4. The van der Waals surface area contributed by atoms with Crippen LogP contribution in [0.25, 0.3) is 11.3 Å². The summed E-state index contributed by atoms with van der Waals surface area (Å²) in [6.07, 6.45) is 0.564. The predicted molar refractivity (Wildman–Crippen MR) is 71.0 cm³/mol. The fourth-order valence-corrected chi connectivity index (χ4v) is 1.87. The number of H-pyrrole nitrogens is 1. The van der Waals surface area contributed by atoms with Crippen LogP contribution in [0, 0.1) is 0 Å². The first-order chi connectivity index (χ1) is 8.85. The molecule has 3 N–H and O–H groups in total. The van der Waals surface area contributed by atoms with Crippen molar-refractivity contribution in [3.05, 3.63) is 41.6 Å². The summed E-state index contributed by atoms with van der Waals surface area (Å²) in [6, 6.07) is 9.03. The van der Waals surface area contributed by atoms with Crippen molar-refractivity contribution in [1.82, 2.24) is 10.2 Å². The van der Waals surface area contributed by atoms with Gasteiger partial charge in [-0.2, -0.15) is 5.10 Å². The number of rotatable bonds is 4. The fraction of sp³-hybridized carbons (Fsp3) is 0.286. The number of carbonyl (C=O) groups is 1. The molecule has 1 aromatic heterocycles. The molecule has 0 amide bonds. The van der Waals surface area contributed by atoms with Crippen molar-refractivity contribution >= 4 is 5.97 Å². The molecular formula is C14H16N2O3. The molecule has 0 radical (unpaired) electrons. The van der Waals surface area contributed by atoms with E-state index in [1.165, 1.54) is 6.07 Å². The van der Waals surface area contributed by atoms with Crippen LogP contribution in [0.5, 0.6) is 0 Å². The molecule has 2 aromatic rings. The van der Waals surface area contributed by atoms with E-state index in [9.17, 15) is 9.90 Å². The van der Waals surface area contributed by atoms with Gasteiger partial charge in [0.25, 0.3) is 0 Å². The van der Waals surface area contributed by atoms with Crippen LogP contribution < -0.4 is 0 Å². The summed E-state index contributed by atoms with van der Waals surface area (Å²) < 4.78 is 0. The van der Waals surface area contributed by atoms with Crippen LogP contribution in [0.4, 0.5) is 0 Å². The summed E-state index contributed by atoms with van der Waals surface area (Å²) >= 11 is 0. The Morgan fingerprint density at radius 3 is 2.42 bits per heavy atom. The summed E-state index contributed by atoms with van der Waals surface area (Å²) in [5, 5.41) is 25.0. The molecule has 0 saturated carbocycles. The molecule has 19 heavy (non-hydrogen) atoms. The number of nitrogens with one attached hydrogen (secondary N) is 1. The Morgan fingerprint density at radius 2 is 1.95 bits per heavy atom. The maximum atomic E-state index is 10.8. The Kier molecular flexibility index (Phi) is 3.40. The molecule has 0 aliphatic heterocycles. The number of aliphatic hydroxyl groups is 1. The minimum atomic E-state index is -1.03. The van der Waals surface area contributed by atoms with Gasteiger partial charge in [0.1, 0.15) is 5.69 Å². The molecule has 5 heteroatoms. The maximum absolute atomic E-state index is 10.8. The van der Waals surface area contributed by atoms with Crippen LogP contribution >= 0.6 is 0 Å². The molecule has 0 unspecified atom stereocenters. The monoisotopic (exact) mass is 260 g/mol. The summed E-state index contributed by atoms with van der Waals surface area (Å²) in [4.78, 5) is 10.8. The smallest absolute Gasteiger partial charge is 0.353 e. The molecule has 0 fully saturated rings. The van der Waals surface area contributed by atoms with Crippen LogP contribution in [0.2, 0.25) is 0 Å². The van der Waals surface area contributed by atoms with E-state index in [1.54, 1.807) is 13.8 Å². The third kappa shape index (κ3) is 3.42. The Morgan fingerprint density at radius 1 is 1.32 bits per heavy atom. The molecule has 1 heterocycles. The van der Waals surface area contributed by atoms with Gasteiger partial charge in [0.2, 0.25) is 0 Å². The van der Waals surface area contributed by atoms with E-state index < -0.39 is 11.6 Å². The van der Waals surface area contributed by atoms with Gasteiger partial charge in [-0.3, -0.25) is 5.10 Å². The van der Waals surface area contributed by atoms with Gasteiger partial charge in [-0.25, -0.2) is 4.79 Å². The van der Waals surface area contributed by atoms with Crippen LogP contribution in [-0.2, 0) is 6.42 Å². The summed E-state index contributed by atoms with van der Waals surface area (Å²) in [5.41, 5.74) is 1.76.